The average Bonchev–Trinajstić information content (AvgIpc) is 2.65. The van der Waals surface area contributed by atoms with Crippen molar-refractivity contribution in [2.24, 2.45) is 23.2 Å². The molecule has 0 aliphatic heterocycles. The molecular formula is C16H26O2. The predicted octanol–water partition coefficient (Wildman–Crippen LogP) is 3.78. The zero-order valence-corrected chi connectivity index (χ0v) is 12.0. The molecule has 2 aliphatic rings. The molecular weight excluding hydrogens is 224 g/mol. The van der Waals surface area contributed by atoms with Crippen LogP contribution < -0.4 is 0 Å². The Morgan fingerprint density at radius 1 is 1.39 bits per heavy atom. The minimum absolute atomic E-state index is 0.0631. The largest absolute Gasteiger partial charge is 0.300 e. The first-order valence-corrected chi connectivity index (χ1v) is 7.54. The van der Waals surface area contributed by atoms with E-state index < -0.39 is 0 Å². The van der Waals surface area contributed by atoms with Crippen molar-refractivity contribution in [1.82, 2.24) is 0 Å². The smallest absolute Gasteiger partial charge is 0.139 e. The highest BCUT2D eigenvalue weighted by Crippen LogP contribution is 2.55. The second kappa shape index (κ2) is 5.14. The van der Waals surface area contributed by atoms with E-state index in [0.29, 0.717) is 42.2 Å². The van der Waals surface area contributed by atoms with Crippen LogP contribution in [-0.4, -0.2) is 11.6 Å². The highest BCUT2D eigenvalue weighted by molar-refractivity contribution is 5.87. The summed E-state index contributed by atoms with van der Waals surface area (Å²) in [5.41, 5.74) is -0.0631. The predicted molar refractivity (Wildman–Crippen MR) is 72.3 cm³/mol. The minimum atomic E-state index is -0.0631. The Morgan fingerprint density at radius 3 is 2.78 bits per heavy atom. The number of hydrogen-bond acceptors (Lipinski definition) is 2. The molecule has 0 heterocycles. The van der Waals surface area contributed by atoms with E-state index in [-0.39, 0.29) is 5.41 Å². The van der Waals surface area contributed by atoms with E-state index in [2.05, 4.69) is 13.8 Å². The molecule has 18 heavy (non-hydrogen) atoms. The summed E-state index contributed by atoms with van der Waals surface area (Å²) in [5.74, 6) is 2.66. The fourth-order valence-corrected chi connectivity index (χ4v) is 4.24. The third-order valence-electron chi connectivity index (χ3n) is 5.66. The molecule has 2 rings (SSSR count). The molecule has 0 aromatic heterocycles. The number of hydrogen-bond donors (Lipinski definition) is 0. The molecule has 0 amide bonds. The molecule has 102 valence electrons. The fraction of sp³-hybridized carbons (Fsp3) is 0.875. The average molecular weight is 250 g/mol. The highest BCUT2D eigenvalue weighted by atomic mass is 16.1. The lowest BCUT2D eigenvalue weighted by molar-refractivity contribution is -0.129. The van der Waals surface area contributed by atoms with Crippen molar-refractivity contribution in [3.8, 4) is 0 Å². The Bertz CT molecular complexity index is 347. The van der Waals surface area contributed by atoms with Crippen LogP contribution in [0.15, 0.2) is 0 Å². The van der Waals surface area contributed by atoms with E-state index in [1.54, 1.807) is 0 Å². The third kappa shape index (κ3) is 2.26. The van der Waals surface area contributed by atoms with Crippen LogP contribution in [0.25, 0.3) is 0 Å². The zero-order valence-electron chi connectivity index (χ0n) is 12.0. The first-order chi connectivity index (χ1) is 8.49. The first-order valence-electron chi connectivity index (χ1n) is 7.54. The first kappa shape index (κ1) is 13.8. The fourth-order valence-electron chi connectivity index (χ4n) is 4.24. The van der Waals surface area contributed by atoms with Gasteiger partial charge in [0.25, 0.3) is 0 Å². The van der Waals surface area contributed by atoms with Crippen LogP contribution in [0, 0.1) is 23.2 Å². The molecule has 4 atom stereocenters. The molecule has 2 heteroatoms. The molecule has 0 aromatic carbocycles. The van der Waals surface area contributed by atoms with Crippen LogP contribution in [0.4, 0.5) is 0 Å². The highest BCUT2D eigenvalue weighted by Gasteiger charge is 2.52. The van der Waals surface area contributed by atoms with E-state index in [4.69, 9.17) is 0 Å². The number of Topliss-reactive ketones (excluding diaryl/α,β-unsaturated/α-hetero) is 2. The van der Waals surface area contributed by atoms with Gasteiger partial charge in [0.1, 0.15) is 11.6 Å². The molecule has 2 unspecified atom stereocenters. The van der Waals surface area contributed by atoms with Crippen LogP contribution in [-0.2, 0) is 9.59 Å². The van der Waals surface area contributed by atoms with Crippen molar-refractivity contribution in [3.63, 3.8) is 0 Å². The normalized spacial score (nSPS) is 39.7. The van der Waals surface area contributed by atoms with E-state index >= 15 is 0 Å². The number of carbonyl (C=O) groups is 2. The molecule has 0 radical (unpaired) electrons. The number of carbonyl (C=O) groups excluding carboxylic acids is 2. The quantitative estimate of drug-likeness (QED) is 0.761. The standard InChI is InChI=1S/C16H26O2/c1-4-12(17)5-6-13-11(2)9-10-16(3)14(13)7-8-15(16)18/h11,13-14H,4-10H2,1-3H3/t11?,13-,14?,16+/m1/s1. The Kier molecular flexibility index (Phi) is 3.93. The topological polar surface area (TPSA) is 34.1 Å². The van der Waals surface area contributed by atoms with Gasteiger partial charge in [-0.2, -0.15) is 0 Å². The van der Waals surface area contributed by atoms with Crippen molar-refractivity contribution in [3.05, 3.63) is 0 Å². The second-order valence-corrected chi connectivity index (χ2v) is 6.60. The van der Waals surface area contributed by atoms with Gasteiger partial charge in [-0.3, -0.25) is 9.59 Å². The summed E-state index contributed by atoms with van der Waals surface area (Å²) in [6, 6.07) is 0. The molecule has 0 saturated heterocycles. The van der Waals surface area contributed by atoms with Gasteiger partial charge in [0, 0.05) is 24.7 Å². The summed E-state index contributed by atoms with van der Waals surface area (Å²) in [6.45, 7) is 6.42. The SMILES string of the molecule is CCC(=O)CC[C@@H]1C(C)CC[C@]2(C)C(=O)CCC12. The van der Waals surface area contributed by atoms with Gasteiger partial charge in [-0.1, -0.05) is 20.8 Å². The van der Waals surface area contributed by atoms with Gasteiger partial charge in [0.05, 0.1) is 0 Å². The zero-order chi connectivity index (χ0) is 13.3. The van der Waals surface area contributed by atoms with Gasteiger partial charge < -0.3 is 0 Å². The number of ketones is 2. The molecule has 2 fully saturated rings. The molecule has 0 aromatic rings. The Labute approximate surface area is 111 Å². The summed E-state index contributed by atoms with van der Waals surface area (Å²) in [5, 5.41) is 0. The van der Waals surface area contributed by atoms with Gasteiger partial charge in [-0.15, -0.1) is 0 Å². The number of fused-ring (bicyclic) bond motifs is 1. The van der Waals surface area contributed by atoms with Gasteiger partial charge in [0.15, 0.2) is 0 Å². The van der Waals surface area contributed by atoms with Crippen molar-refractivity contribution < 1.29 is 9.59 Å². The molecule has 0 spiro atoms. The van der Waals surface area contributed by atoms with E-state index in [9.17, 15) is 9.59 Å². The van der Waals surface area contributed by atoms with Gasteiger partial charge in [-0.05, 0) is 43.4 Å². The van der Waals surface area contributed by atoms with Crippen molar-refractivity contribution in [1.29, 1.82) is 0 Å². The Balaban J connectivity index is 2.07. The van der Waals surface area contributed by atoms with Gasteiger partial charge in [0.2, 0.25) is 0 Å². The van der Waals surface area contributed by atoms with Crippen LogP contribution in [0.2, 0.25) is 0 Å². The maximum atomic E-state index is 12.1. The third-order valence-corrected chi connectivity index (χ3v) is 5.66. The van der Waals surface area contributed by atoms with E-state index in [0.717, 1.165) is 32.1 Å². The molecule has 2 saturated carbocycles. The lowest BCUT2D eigenvalue weighted by Gasteiger charge is -2.44. The summed E-state index contributed by atoms with van der Waals surface area (Å²) in [4.78, 5) is 23.6. The second-order valence-electron chi connectivity index (χ2n) is 6.60. The van der Waals surface area contributed by atoms with Crippen LogP contribution in [0.3, 0.4) is 0 Å². The summed E-state index contributed by atoms with van der Waals surface area (Å²) in [7, 11) is 0. The van der Waals surface area contributed by atoms with Crippen LogP contribution in [0.5, 0.6) is 0 Å². The van der Waals surface area contributed by atoms with Gasteiger partial charge >= 0.3 is 0 Å². The molecule has 0 N–H and O–H groups in total. The minimum Gasteiger partial charge on any atom is -0.300 e. The summed E-state index contributed by atoms with van der Waals surface area (Å²) < 4.78 is 0. The lowest BCUT2D eigenvalue weighted by atomic mass is 9.59. The Morgan fingerprint density at radius 2 is 2.11 bits per heavy atom. The van der Waals surface area contributed by atoms with Crippen molar-refractivity contribution in [2.75, 3.05) is 0 Å². The summed E-state index contributed by atoms with van der Waals surface area (Å²) in [6.07, 6.45) is 6.42. The molecule has 0 bridgehead atoms. The molecule has 2 aliphatic carbocycles. The maximum Gasteiger partial charge on any atom is 0.139 e. The van der Waals surface area contributed by atoms with E-state index in [1.165, 1.54) is 0 Å². The molecule has 2 nitrogen and oxygen atoms in total. The maximum absolute atomic E-state index is 12.1. The number of rotatable bonds is 4. The van der Waals surface area contributed by atoms with Crippen LogP contribution in [0.1, 0.15) is 65.7 Å². The van der Waals surface area contributed by atoms with Crippen molar-refractivity contribution in [2.45, 2.75) is 65.7 Å². The monoisotopic (exact) mass is 250 g/mol. The van der Waals surface area contributed by atoms with Crippen molar-refractivity contribution >= 4 is 11.6 Å². The summed E-state index contributed by atoms with van der Waals surface area (Å²) >= 11 is 0. The van der Waals surface area contributed by atoms with E-state index in [1.807, 2.05) is 6.92 Å². The van der Waals surface area contributed by atoms with Crippen LogP contribution >= 0.6 is 0 Å². The van der Waals surface area contributed by atoms with Gasteiger partial charge in [-0.25, -0.2) is 0 Å². The Hall–Kier alpha value is -0.660. The lowest BCUT2D eigenvalue weighted by Crippen LogP contribution is -2.41.